The van der Waals surface area contributed by atoms with Gasteiger partial charge in [-0.2, -0.15) is 0 Å². The molecule has 10 heteroatoms. The Balaban J connectivity index is 1.90. The minimum atomic E-state index is -4.02. The summed E-state index contributed by atoms with van der Waals surface area (Å²) in [5.41, 5.74) is 0.663. The van der Waals surface area contributed by atoms with E-state index in [2.05, 4.69) is 5.32 Å². The Labute approximate surface area is 161 Å². The Kier molecular flexibility index (Phi) is 7.07. The van der Waals surface area contributed by atoms with E-state index in [-0.39, 0.29) is 28.6 Å². The molecule has 150 valence electrons. The molecular formula is C18H19FN2O6S. The highest BCUT2D eigenvalue weighted by molar-refractivity contribution is 7.89. The first kappa shape index (κ1) is 21.3. The molecule has 0 saturated heterocycles. The Bertz CT molecular complexity index is 961. The van der Waals surface area contributed by atoms with Gasteiger partial charge < -0.3 is 14.8 Å². The summed E-state index contributed by atoms with van der Waals surface area (Å²) in [4.78, 5) is 23.7. The largest absolute Gasteiger partial charge is 0.496 e. The van der Waals surface area contributed by atoms with Crippen molar-refractivity contribution in [1.29, 1.82) is 0 Å². The molecule has 0 aromatic heterocycles. The molecule has 28 heavy (non-hydrogen) atoms. The Morgan fingerprint density at radius 1 is 1.14 bits per heavy atom. The first-order valence-corrected chi connectivity index (χ1v) is 9.64. The number of hydrogen-bond donors (Lipinski definition) is 2. The van der Waals surface area contributed by atoms with E-state index in [9.17, 15) is 22.4 Å². The zero-order chi connectivity index (χ0) is 20.7. The van der Waals surface area contributed by atoms with Gasteiger partial charge >= 0.3 is 5.97 Å². The highest BCUT2D eigenvalue weighted by atomic mass is 32.2. The average molecular weight is 410 g/mol. The van der Waals surface area contributed by atoms with Crippen molar-refractivity contribution in [2.45, 2.75) is 11.3 Å². The number of carbonyl (C=O) groups is 2. The zero-order valence-electron chi connectivity index (χ0n) is 15.0. The molecule has 0 spiro atoms. The Morgan fingerprint density at radius 3 is 2.43 bits per heavy atom. The van der Waals surface area contributed by atoms with Crippen molar-refractivity contribution in [1.82, 2.24) is 5.32 Å². The molecule has 2 aromatic carbocycles. The van der Waals surface area contributed by atoms with Crippen molar-refractivity contribution in [3.8, 4) is 5.75 Å². The maximum absolute atomic E-state index is 12.8. The molecule has 2 rings (SSSR count). The SMILES string of the molecule is COc1ccc(S(N)(=O)=O)cc1C(=O)OCC(=O)NCCc1ccc(F)cc1. The summed E-state index contributed by atoms with van der Waals surface area (Å²) in [6, 6.07) is 9.32. The lowest BCUT2D eigenvalue weighted by atomic mass is 10.1. The predicted octanol–water partition coefficient (Wildman–Crippen LogP) is 0.997. The lowest BCUT2D eigenvalue weighted by molar-refractivity contribution is -0.124. The van der Waals surface area contributed by atoms with Gasteiger partial charge in [0.1, 0.15) is 17.1 Å². The molecule has 0 radical (unpaired) electrons. The topological polar surface area (TPSA) is 125 Å². The van der Waals surface area contributed by atoms with Gasteiger partial charge in [-0.05, 0) is 42.3 Å². The summed E-state index contributed by atoms with van der Waals surface area (Å²) < 4.78 is 45.6. The van der Waals surface area contributed by atoms with Crippen LogP contribution in [0, 0.1) is 5.82 Å². The second-order valence-electron chi connectivity index (χ2n) is 5.71. The van der Waals surface area contributed by atoms with E-state index in [0.29, 0.717) is 6.42 Å². The van der Waals surface area contributed by atoms with E-state index >= 15 is 0 Å². The van der Waals surface area contributed by atoms with Gasteiger partial charge in [0.05, 0.1) is 12.0 Å². The van der Waals surface area contributed by atoms with Crippen LogP contribution < -0.4 is 15.2 Å². The number of nitrogens with two attached hydrogens (primary N) is 1. The maximum Gasteiger partial charge on any atom is 0.342 e. The van der Waals surface area contributed by atoms with Crippen molar-refractivity contribution < 1.29 is 31.9 Å². The van der Waals surface area contributed by atoms with Crippen LogP contribution in [0.15, 0.2) is 47.4 Å². The number of hydrogen-bond acceptors (Lipinski definition) is 6. The van der Waals surface area contributed by atoms with Crippen LogP contribution >= 0.6 is 0 Å². The summed E-state index contributed by atoms with van der Waals surface area (Å²) in [6.45, 7) is -0.294. The van der Waals surface area contributed by atoms with Crippen LogP contribution in [0.1, 0.15) is 15.9 Å². The molecule has 0 aliphatic rings. The first-order valence-electron chi connectivity index (χ1n) is 8.10. The third-order valence-corrected chi connectivity index (χ3v) is 4.61. The quantitative estimate of drug-likeness (QED) is 0.626. The minimum absolute atomic E-state index is 0.0779. The zero-order valence-corrected chi connectivity index (χ0v) is 15.8. The van der Waals surface area contributed by atoms with E-state index in [1.54, 1.807) is 12.1 Å². The summed E-state index contributed by atoms with van der Waals surface area (Å²) in [5, 5.41) is 7.60. The first-order chi connectivity index (χ1) is 13.2. The van der Waals surface area contributed by atoms with Crippen LogP contribution in [0.25, 0.3) is 0 Å². The van der Waals surface area contributed by atoms with E-state index in [4.69, 9.17) is 14.6 Å². The number of benzene rings is 2. The fourth-order valence-electron chi connectivity index (χ4n) is 2.28. The number of sulfonamides is 1. The monoisotopic (exact) mass is 410 g/mol. The molecule has 1 amide bonds. The summed E-state index contributed by atoms with van der Waals surface area (Å²) in [7, 11) is -2.73. The maximum atomic E-state index is 12.8. The molecule has 0 aliphatic carbocycles. The standard InChI is InChI=1S/C18H19FN2O6S/c1-26-16-7-6-14(28(20,24)25)10-15(16)18(23)27-11-17(22)21-9-8-12-2-4-13(19)5-3-12/h2-7,10H,8-9,11H2,1H3,(H,21,22)(H2,20,24,25). The summed E-state index contributed by atoms with van der Waals surface area (Å²) in [6.07, 6.45) is 0.476. The lowest BCUT2D eigenvalue weighted by Gasteiger charge is -2.10. The molecule has 0 atom stereocenters. The highest BCUT2D eigenvalue weighted by Gasteiger charge is 2.19. The second kappa shape index (κ2) is 9.29. The van der Waals surface area contributed by atoms with Crippen molar-refractivity contribution in [3.63, 3.8) is 0 Å². The number of ether oxygens (including phenoxy) is 2. The predicted molar refractivity (Wildman–Crippen MR) is 97.8 cm³/mol. The molecule has 0 aliphatic heterocycles. The number of amides is 1. The number of nitrogens with one attached hydrogen (secondary N) is 1. The van der Waals surface area contributed by atoms with Crippen molar-refractivity contribution >= 4 is 21.9 Å². The van der Waals surface area contributed by atoms with Gasteiger partial charge in [-0.15, -0.1) is 0 Å². The molecule has 2 aromatic rings. The Hall–Kier alpha value is -2.98. The van der Waals surface area contributed by atoms with Crippen LogP contribution in [0.5, 0.6) is 5.75 Å². The van der Waals surface area contributed by atoms with Gasteiger partial charge in [0, 0.05) is 6.54 Å². The van der Waals surface area contributed by atoms with Crippen LogP contribution in [0.4, 0.5) is 4.39 Å². The third-order valence-electron chi connectivity index (χ3n) is 3.70. The van der Waals surface area contributed by atoms with Crippen molar-refractivity contribution in [2.24, 2.45) is 5.14 Å². The van der Waals surface area contributed by atoms with Crippen LogP contribution in [-0.2, 0) is 26.0 Å². The number of halogens is 1. The third kappa shape index (κ3) is 6.03. The molecule has 0 unspecified atom stereocenters. The van der Waals surface area contributed by atoms with Gasteiger partial charge in [-0.3, -0.25) is 4.79 Å². The molecule has 0 bridgehead atoms. The van der Waals surface area contributed by atoms with E-state index in [1.807, 2.05) is 0 Å². The molecule has 0 fully saturated rings. The number of esters is 1. The van der Waals surface area contributed by atoms with E-state index < -0.39 is 28.5 Å². The van der Waals surface area contributed by atoms with Crippen LogP contribution in [-0.4, -0.2) is 40.6 Å². The van der Waals surface area contributed by atoms with Crippen molar-refractivity contribution in [2.75, 3.05) is 20.3 Å². The van der Waals surface area contributed by atoms with Crippen LogP contribution in [0.2, 0.25) is 0 Å². The van der Waals surface area contributed by atoms with E-state index in [1.165, 1.54) is 31.4 Å². The van der Waals surface area contributed by atoms with E-state index in [0.717, 1.165) is 11.6 Å². The lowest BCUT2D eigenvalue weighted by Crippen LogP contribution is -2.30. The van der Waals surface area contributed by atoms with Gasteiger partial charge in [0.15, 0.2) is 6.61 Å². The van der Waals surface area contributed by atoms with Gasteiger partial charge in [-0.25, -0.2) is 22.7 Å². The van der Waals surface area contributed by atoms with Gasteiger partial charge in [0.2, 0.25) is 10.0 Å². The van der Waals surface area contributed by atoms with Crippen LogP contribution in [0.3, 0.4) is 0 Å². The summed E-state index contributed by atoms with van der Waals surface area (Å²) >= 11 is 0. The number of rotatable bonds is 8. The molecule has 8 nitrogen and oxygen atoms in total. The second-order valence-corrected chi connectivity index (χ2v) is 7.27. The average Bonchev–Trinajstić information content (AvgIpc) is 2.66. The molecule has 0 heterocycles. The van der Waals surface area contributed by atoms with Gasteiger partial charge in [0.25, 0.3) is 5.91 Å². The molecular weight excluding hydrogens is 391 g/mol. The fourth-order valence-corrected chi connectivity index (χ4v) is 2.82. The number of carbonyl (C=O) groups excluding carboxylic acids is 2. The smallest absolute Gasteiger partial charge is 0.342 e. The minimum Gasteiger partial charge on any atom is -0.496 e. The summed E-state index contributed by atoms with van der Waals surface area (Å²) in [5.74, 6) is -1.75. The van der Waals surface area contributed by atoms with Gasteiger partial charge in [-0.1, -0.05) is 12.1 Å². The fraction of sp³-hybridized carbons (Fsp3) is 0.222. The van der Waals surface area contributed by atoms with Crippen molar-refractivity contribution in [3.05, 3.63) is 59.4 Å². The number of methoxy groups -OCH3 is 1. The molecule has 3 N–H and O–H groups in total. The Morgan fingerprint density at radius 2 is 1.82 bits per heavy atom. The molecule has 0 saturated carbocycles. The number of primary sulfonamides is 1. The normalized spacial score (nSPS) is 11.0. The highest BCUT2D eigenvalue weighted by Crippen LogP contribution is 2.22.